The van der Waals surface area contributed by atoms with Crippen LogP contribution in [-0.2, 0) is 37.8 Å². The summed E-state index contributed by atoms with van der Waals surface area (Å²) in [6.07, 6.45) is 0. The smallest absolute Gasteiger partial charge is 0.327 e. The van der Waals surface area contributed by atoms with Crippen molar-refractivity contribution in [2.75, 3.05) is 11.5 Å². The Hall–Kier alpha value is -5.04. The number of ether oxygens (including phenoxy) is 2. The lowest BCUT2D eigenvalue weighted by atomic mass is 9.85. The van der Waals surface area contributed by atoms with E-state index in [2.05, 4.69) is 5.32 Å². The number of rotatable bonds is 12. The topological polar surface area (TPSA) is 67.9 Å². The molecule has 0 radical (unpaired) electrons. The number of hydrogen-bond acceptors (Lipinski definition) is 5. The average molecular weight is 611 g/mol. The van der Waals surface area contributed by atoms with Crippen molar-refractivity contribution in [2.24, 2.45) is 0 Å². The Labute approximate surface area is 270 Å². The molecule has 6 rings (SSSR count). The number of para-hydroxylation sites is 1. The fraction of sp³-hybridized carbons (Fsp3) is 0.200. The molecule has 0 aliphatic carbocycles. The molecule has 0 aromatic heterocycles. The van der Waals surface area contributed by atoms with E-state index in [4.69, 9.17) is 9.47 Å². The van der Waals surface area contributed by atoms with Crippen LogP contribution in [0.2, 0.25) is 0 Å². The summed E-state index contributed by atoms with van der Waals surface area (Å²) in [6, 6.07) is 43.6. The summed E-state index contributed by atoms with van der Waals surface area (Å²) in [5, 5.41) is 3.61. The second kappa shape index (κ2) is 13.9. The van der Waals surface area contributed by atoms with Gasteiger partial charge < -0.3 is 14.4 Å². The second-order valence-electron chi connectivity index (χ2n) is 11.5. The van der Waals surface area contributed by atoms with E-state index >= 15 is 4.79 Å². The highest BCUT2D eigenvalue weighted by Crippen LogP contribution is 2.47. The molecular formula is C40H38N2O4. The predicted octanol–water partition coefficient (Wildman–Crippen LogP) is 7.26. The number of benzene rings is 5. The summed E-state index contributed by atoms with van der Waals surface area (Å²) in [6.45, 7) is 4.37. The molecule has 1 N–H and O–H groups in total. The normalized spacial score (nSPS) is 16.3. The van der Waals surface area contributed by atoms with Crippen LogP contribution < -0.4 is 10.2 Å². The average Bonchev–Trinajstić information content (AvgIpc) is 3.33. The SMILES string of the molecule is CCOC(=O)C(NC(c1ccccc1)c1ccccc1)[C@]1(OCc2ccccc2C)C(=O)N(Cc2ccccc2)c2ccccc21. The third kappa shape index (κ3) is 6.10. The Bertz CT molecular complexity index is 1740. The van der Waals surface area contributed by atoms with E-state index in [0.717, 1.165) is 27.8 Å². The summed E-state index contributed by atoms with van der Waals surface area (Å²) < 4.78 is 12.7. The first kappa shape index (κ1) is 31.0. The van der Waals surface area contributed by atoms with E-state index < -0.39 is 23.7 Å². The van der Waals surface area contributed by atoms with Crippen LogP contribution in [-0.4, -0.2) is 24.5 Å². The monoisotopic (exact) mass is 610 g/mol. The molecule has 5 aromatic carbocycles. The van der Waals surface area contributed by atoms with Crippen LogP contribution in [0.3, 0.4) is 0 Å². The molecule has 46 heavy (non-hydrogen) atoms. The number of carbonyl (C=O) groups excluding carboxylic acids is 2. The molecule has 0 spiro atoms. The Morgan fingerprint density at radius 3 is 1.96 bits per heavy atom. The van der Waals surface area contributed by atoms with Gasteiger partial charge in [-0.1, -0.05) is 133 Å². The minimum absolute atomic E-state index is 0.116. The molecule has 1 aliphatic heterocycles. The van der Waals surface area contributed by atoms with E-state index in [1.807, 2.05) is 146 Å². The van der Waals surface area contributed by atoms with Crippen LogP contribution in [0.1, 0.15) is 46.3 Å². The largest absolute Gasteiger partial charge is 0.465 e. The van der Waals surface area contributed by atoms with Gasteiger partial charge in [0.2, 0.25) is 0 Å². The van der Waals surface area contributed by atoms with E-state index in [1.165, 1.54) is 0 Å². The molecule has 5 aromatic rings. The zero-order chi connectivity index (χ0) is 31.9. The van der Waals surface area contributed by atoms with E-state index in [-0.39, 0.29) is 19.1 Å². The summed E-state index contributed by atoms with van der Waals surface area (Å²) in [7, 11) is 0. The molecule has 0 saturated heterocycles. The van der Waals surface area contributed by atoms with Gasteiger partial charge in [0.1, 0.15) is 6.04 Å². The van der Waals surface area contributed by atoms with Gasteiger partial charge in [-0.05, 0) is 47.7 Å². The summed E-state index contributed by atoms with van der Waals surface area (Å²) in [5.74, 6) is -0.884. The molecule has 6 heteroatoms. The predicted molar refractivity (Wildman–Crippen MR) is 180 cm³/mol. The van der Waals surface area contributed by atoms with Crippen molar-refractivity contribution in [1.29, 1.82) is 0 Å². The maximum Gasteiger partial charge on any atom is 0.327 e. The van der Waals surface area contributed by atoms with Crippen LogP contribution in [0.5, 0.6) is 0 Å². The Balaban J connectivity index is 1.53. The van der Waals surface area contributed by atoms with Crippen molar-refractivity contribution in [3.05, 3.63) is 173 Å². The highest BCUT2D eigenvalue weighted by atomic mass is 16.5. The molecule has 1 aliphatic rings. The van der Waals surface area contributed by atoms with Crippen LogP contribution in [0, 0.1) is 6.92 Å². The van der Waals surface area contributed by atoms with Crippen LogP contribution >= 0.6 is 0 Å². The van der Waals surface area contributed by atoms with Crippen molar-refractivity contribution >= 4 is 17.6 Å². The summed E-state index contributed by atoms with van der Waals surface area (Å²) in [5.41, 5.74) is 4.40. The summed E-state index contributed by atoms with van der Waals surface area (Å²) >= 11 is 0. The molecule has 1 amide bonds. The second-order valence-corrected chi connectivity index (χ2v) is 11.5. The fourth-order valence-electron chi connectivity index (χ4n) is 6.26. The number of fused-ring (bicyclic) bond motifs is 1. The number of esters is 1. The third-order valence-electron chi connectivity index (χ3n) is 8.59. The quantitative estimate of drug-likeness (QED) is 0.151. The van der Waals surface area contributed by atoms with Crippen LogP contribution in [0.4, 0.5) is 5.69 Å². The number of carbonyl (C=O) groups is 2. The van der Waals surface area contributed by atoms with Crippen molar-refractivity contribution in [2.45, 2.75) is 44.7 Å². The fourth-order valence-corrected chi connectivity index (χ4v) is 6.26. The van der Waals surface area contributed by atoms with Gasteiger partial charge in [0.05, 0.1) is 31.5 Å². The minimum atomic E-state index is -1.73. The number of nitrogens with one attached hydrogen (secondary N) is 1. The van der Waals surface area contributed by atoms with Gasteiger partial charge >= 0.3 is 5.97 Å². The van der Waals surface area contributed by atoms with E-state index in [9.17, 15) is 4.79 Å². The Kier molecular flexibility index (Phi) is 9.38. The van der Waals surface area contributed by atoms with Gasteiger partial charge in [0, 0.05) is 5.56 Å². The zero-order valence-electron chi connectivity index (χ0n) is 26.1. The van der Waals surface area contributed by atoms with Crippen molar-refractivity contribution in [3.63, 3.8) is 0 Å². The molecule has 2 atom stereocenters. The molecule has 232 valence electrons. The maximum atomic E-state index is 15.2. The van der Waals surface area contributed by atoms with Crippen molar-refractivity contribution in [3.8, 4) is 0 Å². The van der Waals surface area contributed by atoms with Gasteiger partial charge in [-0.2, -0.15) is 0 Å². The molecule has 0 fully saturated rings. The molecule has 0 bridgehead atoms. The van der Waals surface area contributed by atoms with Gasteiger partial charge in [0.25, 0.3) is 5.91 Å². The molecule has 6 nitrogen and oxygen atoms in total. The Morgan fingerprint density at radius 2 is 1.33 bits per heavy atom. The zero-order valence-corrected chi connectivity index (χ0v) is 26.1. The highest BCUT2D eigenvalue weighted by Gasteiger charge is 2.60. The lowest BCUT2D eigenvalue weighted by molar-refractivity contribution is -0.169. The lowest BCUT2D eigenvalue weighted by Gasteiger charge is -2.38. The van der Waals surface area contributed by atoms with Gasteiger partial charge in [-0.3, -0.25) is 14.9 Å². The number of anilines is 1. The highest BCUT2D eigenvalue weighted by molar-refractivity contribution is 6.10. The van der Waals surface area contributed by atoms with Gasteiger partial charge in [-0.25, -0.2) is 0 Å². The third-order valence-corrected chi connectivity index (χ3v) is 8.59. The number of amides is 1. The first-order chi connectivity index (χ1) is 22.5. The minimum Gasteiger partial charge on any atom is -0.465 e. The van der Waals surface area contributed by atoms with Crippen molar-refractivity contribution in [1.82, 2.24) is 5.32 Å². The summed E-state index contributed by atoms with van der Waals surface area (Å²) in [4.78, 5) is 31.2. The van der Waals surface area contributed by atoms with Gasteiger partial charge in [0.15, 0.2) is 5.60 Å². The lowest BCUT2D eigenvalue weighted by Crippen LogP contribution is -2.60. The standard InChI is InChI=1S/C40H38N2O4/c1-3-45-38(43)37(41-36(31-20-9-5-10-21-31)32-22-11-6-12-23-32)40(46-28-33-24-14-13-17-29(33)2)34-25-15-16-26-35(34)42(39(40)44)27-30-18-7-4-8-19-30/h4-26,36-37,41H,3,27-28H2,1-2H3/t37?,40-/m0/s1. The van der Waals surface area contributed by atoms with Crippen molar-refractivity contribution < 1.29 is 19.1 Å². The number of nitrogens with zero attached hydrogens (tertiary/aromatic N) is 1. The number of aryl methyl sites for hydroxylation is 1. The first-order valence-electron chi connectivity index (χ1n) is 15.7. The van der Waals surface area contributed by atoms with Crippen LogP contribution in [0.25, 0.3) is 0 Å². The van der Waals surface area contributed by atoms with Gasteiger partial charge in [-0.15, -0.1) is 0 Å². The molecule has 1 unspecified atom stereocenters. The van der Waals surface area contributed by atoms with E-state index in [0.29, 0.717) is 17.8 Å². The van der Waals surface area contributed by atoms with E-state index in [1.54, 1.807) is 11.8 Å². The first-order valence-corrected chi connectivity index (χ1v) is 15.7. The van der Waals surface area contributed by atoms with Crippen LogP contribution in [0.15, 0.2) is 140 Å². The Morgan fingerprint density at radius 1 is 0.761 bits per heavy atom. The number of hydrogen-bond donors (Lipinski definition) is 1. The molecule has 1 heterocycles. The maximum absolute atomic E-state index is 15.2. The molecule has 0 saturated carbocycles. The molecular weight excluding hydrogens is 572 g/mol.